The summed E-state index contributed by atoms with van der Waals surface area (Å²) in [6.45, 7) is 1.95. The van der Waals surface area contributed by atoms with E-state index < -0.39 is 0 Å². The molecule has 1 amide bonds. The molecule has 0 aliphatic carbocycles. The largest absolute Gasteiger partial charge is 0.451 e. The van der Waals surface area contributed by atoms with E-state index in [4.69, 9.17) is 9.52 Å². The van der Waals surface area contributed by atoms with Gasteiger partial charge >= 0.3 is 0 Å². The molecule has 0 fully saturated rings. The van der Waals surface area contributed by atoms with Crippen molar-refractivity contribution >= 4 is 28.6 Å². The number of hydrogen-bond acceptors (Lipinski definition) is 4. The van der Waals surface area contributed by atoms with Gasteiger partial charge in [-0.1, -0.05) is 18.2 Å². The van der Waals surface area contributed by atoms with Crippen LogP contribution in [0.5, 0.6) is 0 Å². The topological polar surface area (TPSA) is 62.5 Å². The van der Waals surface area contributed by atoms with Crippen LogP contribution >= 0.6 is 11.8 Å². The van der Waals surface area contributed by atoms with Crippen LogP contribution in [0.15, 0.2) is 28.7 Å². The highest BCUT2D eigenvalue weighted by atomic mass is 32.2. The summed E-state index contributed by atoms with van der Waals surface area (Å²) in [6.07, 6.45) is 2.52. The molecule has 4 nitrogen and oxygen atoms in total. The van der Waals surface area contributed by atoms with E-state index in [1.165, 1.54) is 0 Å². The second-order valence-electron chi connectivity index (χ2n) is 4.69. The van der Waals surface area contributed by atoms with Crippen molar-refractivity contribution in [1.29, 1.82) is 0 Å². The molecule has 1 unspecified atom stereocenters. The van der Waals surface area contributed by atoms with Gasteiger partial charge in [0.25, 0.3) is 5.91 Å². The number of para-hydroxylation sites is 1. The molecule has 2 N–H and O–H groups in total. The summed E-state index contributed by atoms with van der Waals surface area (Å²) in [5, 5.41) is 12.9. The lowest BCUT2D eigenvalue weighted by Gasteiger charge is -2.15. The van der Waals surface area contributed by atoms with Crippen molar-refractivity contribution < 1.29 is 14.3 Å². The highest BCUT2D eigenvalue weighted by Gasteiger charge is 2.20. The van der Waals surface area contributed by atoms with Gasteiger partial charge in [-0.05, 0) is 25.7 Å². The third-order valence-electron chi connectivity index (χ3n) is 3.23. The van der Waals surface area contributed by atoms with Crippen LogP contribution in [0.3, 0.4) is 0 Å². The van der Waals surface area contributed by atoms with Gasteiger partial charge in [0.15, 0.2) is 5.76 Å². The smallest absolute Gasteiger partial charge is 0.287 e. The summed E-state index contributed by atoms with van der Waals surface area (Å²) in [5.41, 5.74) is 1.57. The molecule has 1 atom stereocenters. The molecule has 0 saturated carbocycles. The summed E-state index contributed by atoms with van der Waals surface area (Å²) >= 11 is 1.64. The zero-order chi connectivity index (χ0) is 14.5. The van der Waals surface area contributed by atoms with Crippen LogP contribution in [0.25, 0.3) is 11.0 Å². The van der Waals surface area contributed by atoms with E-state index in [0.29, 0.717) is 12.2 Å². The van der Waals surface area contributed by atoms with Crippen molar-refractivity contribution in [3.8, 4) is 0 Å². The first-order valence-electron chi connectivity index (χ1n) is 6.56. The number of hydrogen-bond donors (Lipinski definition) is 2. The van der Waals surface area contributed by atoms with Crippen molar-refractivity contribution in [3.05, 3.63) is 35.6 Å². The predicted octanol–water partition coefficient (Wildman–Crippen LogP) is 2.59. The maximum absolute atomic E-state index is 12.3. The molecule has 0 spiro atoms. The molecule has 108 valence electrons. The van der Waals surface area contributed by atoms with E-state index in [1.807, 2.05) is 37.4 Å². The lowest BCUT2D eigenvalue weighted by molar-refractivity contribution is 0.0908. The van der Waals surface area contributed by atoms with Crippen molar-refractivity contribution in [2.75, 3.05) is 18.6 Å². The summed E-state index contributed by atoms with van der Waals surface area (Å²) in [5.74, 6) is 0.910. The Morgan fingerprint density at radius 1 is 1.45 bits per heavy atom. The zero-order valence-electron chi connectivity index (χ0n) is 11.7. The number of nitrogens with one attached hydrogen (secondary N) is 1. The molecule has 0 saturated heterocycles. The number of rotatable bonds is 6. The minimum absolute atomic E-state index is 0.0462. The number of carbonyl (C=O) groups is 1. The van der Waals surface area contributed by atoms with E-state index in [1.54, 1.807) is 11.8 Å². The quantitative estimate of drug-likeness (QED) is 0.859. The van der Waals surface area contributed by atoms with Gasteiger partial charge in [0.2, 0.25) is 0 Å². The van der Waals surface area contributed by atoms with Crippen LogP contribution in [0.1, 0.15) is 22.5 Å². The van der Waals surface area contributed by atoms with E-state index >= 15 is 0 Å². The van der Waals surface area contributed by atoms with Crippen molar-refractivity contribution in [3.63, 3.8) is 0 Å². The van der Waals surface area contributed by atoms with Gasteiger partial charge in [-0.25, -0.2) is 0 Å². The number of benzene rings is 1. The molecule has 1 aromatic carbocycles. The van der Waals surface area contributed by atoms with Crippen LogP contribution < -0.4 is 5.32 Å². The third-order valence-corrected chi connectivity index (χ3v) is 3.97. The van der Waals surface area contributed by atoms with Crippen LogP contribution in [0.2, 0.25) is 0 Å². The number of aliphatic hydroxyl groups excluding tert-OH is 1. The van der Waals surface area contributed by atoms with E-state index in [0.717, 1.165) is 22.3 Å². The molecule has 1 aromatic heterocycles. The Kier molecular flexibility index (Phi) is 5.09. The molecule has 1 heterocycles. The van der Waals surface area contributed by atoms with E-state index in [-0.39, 0.29) is 18.6 Å². The standard InChI is InChI=1S/C15H19NO3S/c1-10-12-5-3-4-6-13(12)19-14(10)15(18)16-11(7-8-17)9-20-2/h3-6,11,17H,7-9H2,1-2H3,(H,16,18). The molecule has 0 aliphatic heterocycles. The number of fused-ring (bicyclic) bond motifs is 1. The normalized spacial score (nSPS) is 12.6. The fourth-order valence-electron chi connectivity index (χ4n) is 2.20. The molecule has 2 rings (SSSR count). The number of aryl methyl sites for hydroxylation is 1. The molecule has 20 heavy (non-hydrogen) atoms. The average Bonchev–Trinajstić information content (AvgIpc) is 2.77. The molecule has 5 heteroatoms. The summed E-state index contributed by atoms with van der Waals surface area (Å²) < 4.78 is 5.64. The average molecular weight is 293 g/mol. The fourth-order valence-corrected chi connectivity index (χ4v) is 2.85. The summed E-state index contributed by atoms with van der Waals surface area (Å²) in [4.78, 5) is 12.3. The maximum atomic E-state index is 12.3. The van der Waals surface area contributed by atoms with Crippen molar-refractivity contribution in [1.82, 2.24) is 5.32 Å². The number of amides is 1. The van der Waals surface area contributed by atoms with Gasteiger partial charge < -0.3 is 14.8 Å². The highest BCUT2D eigenvalue weighted by molar-refractivity contribution is 7.98. The maximum Gasteiger partial charge on any atom is 0.287 e. The Morgan fingerprint density at radius 2 is 2.20 bits per heavy atom. The second-order valence-corrected chi connectivity index (χ2v) is 5.60. The molecular formula is C15H19NO3S. The Morgan fingerprint density at radius 3 is 2.85 bits per heavy atom. The van der Waals surface area contributed by atoms with Crippen molar-refractivity contribution in [2.45, 2.75) is 19.4 Å². The third kappa shape index (κ3) is 3.16. The van der Waals surface area contributed by atoms with Gasteiger partial charge in [0.05, 0.1) is 0 Å². The molecule has 0 radical (unpaired) electrons. The van der Waals surface area contributed by atoms with E-state index in [9.17, 15) is 4.79 Å². The first-order chi connectivity index (χ1) is 9.67. The van der Waals surface area contributed by atoms with Gasteiger partial charge in [-0.2, -0.15) is 11.8 Å². The van der Waals surface area contributed by atoms with Gasteiger partial charge in [0.1, 0.15) is 5.58 Å². The van der Waals surface area contributed by atoms with Crippen LogP contribution in [-0.4, -0.2) is 35.7 Å². The van der Waals surface area contributed by atoms with E-state index in [2.05, 4.69) is 5.32 Å². The summed E-state index contributed by atoms with van der Waals surface area (Å²) in [7, 11) is 0. The first-order valence-corrected chi connectivity index (χ1v) is 7.95. The van der Waals surface area contributed by atoms with Gasteiger partial charge in [-0.15, -0.1) is 0 Å². The highest BCUT2D eigenvalue weighted by Crippen LogP contribution is 2.24. The Labute approximate surface area is 122 Å². The Balaban J connectivity index is 2.20. The van der Waals surface area contributed by atoms with Crippen LogP contribution in [0, 0.1) is 6.92 Å². The number of carbonyl (C=O) groups excluding carboxylic acids is 1. The zero-order valence-corrected chi connectivity index (χ0v) is 12.5. The first kappa shape index (κ1) is 14.9. The van der Waals surface area contributed by atoms with Gasteiger partial charge in [0, 0.05) is 29.4 Å². The minimum Gasteiger partial charge on any atom is -0.451 e. The lowest BCUT2D eigenvalue weighted by atomic mass is 10.1. The van der Waals surface area contributed by atoms with Gasteiger partial charge in [-0.3, -0.25) is 4.79 Å². The predicted molar refractivity (Wildman–Crippen MR) is 82.3 cm³/mol. The van der Waals surface area contributed by atoms with Crippen LogP contribution in [0.4, 0.5) is 0 Å². The number of furan rings is 1. The number of thioether (sulfide) groups is 1. The number of aliphatic hydroxyl groups is 1. The summed E-state index contributed by atoms with van der Waals surface area (Å²) in [6, 6.07) is 7.56. The molecule has 0 bridgehead atoms. The Bertz CT molecular complexity index is 588. The lowest BCUT2D eigenvalue weighted by Crippen LogP contribution is -2.37. The molecule has 2 aromatic rings. The Hall–Kier alpha value is -1.46. The monoisotopic (exact) mass is 293 g/mol. The fraction of sp³-hybridized carbons (Fsp3) is 0.400. The van der Waals surface area contributed by atoms with Crippen molar-refractivity contribution in [2.24, 2.45) is 0 Å². The minimum atomic E-state index is -0.216. The second kappa shape index (κ2) is 6.81. The van der Waals surface area contributed by atoms with Crippen LogP contribution in [-0.2, 0) is 0 Å². The SMILES string of the molecule is CSCC(CCO)NC(=O)c1oc2ccccc2c1C. The molecular weight excluding hydrogens is 274 g/mol. The molecule has 0 aliphatic rings.